The number of hydrogen-bond donors (Lipinski definition) is 1. The van der Waals surface area contributed by atoms with E-state index in [2.05, 4.69) is 38.0 Å². The molecule has 2 rings (SSSR count). The van der Waals surface area contributed by atoms with Crippen LogP contribution in [0.2, 0.25) is 0 Å². The minimum Gasteiger partial charge on any atom is -0.315 e. The number of nitrogens with one attached hydrogen (secondary N) is 1. The fourth-order valence-corrected chi connectivity index (χ4v) is 4.05. The fraction of sp³-hybridized carbons (Fsp3) is 1.00. The van der Waals surface area contributed by atoms with Gasteiger partial charge in [0.05, 0.1) is 0 Å². The Morgan fingerprint density at radius 2 is 1.94 bits per heavy atom. The second-order valence-corrected chi connectivity index (χ2v) is 7.02. The van der Waals surface area contributed by atoms with Crippen LogP contribution in [-0.4, -0.2) is 37.1 Å². The molecule has 0 aromatic heterocycles. The van der Waals surface area contributed by atoms with Gasteiger partial charge in [0.1, 0.15) is 0 Å². The second kappa shape index (κ2) is 6.38. The molecule has 18 heavy (non-hydrogen) atoms. The lowest BCUT2D eigenvalue weighted by atomic mass is 9.76. The molecule has 1 aliphatic carbocycles. The minimum absolute atomic E-state index is 0.727. The van der Waals surface area contributed by atoms with Crippen LogP contribution >= 0.6 is 0 Å². The number of rotatable bonds is 3. The van der Waals surface area contributed by atoms with Crippen LogP contribution in [-0.2, 0) is 0 Å². The van der Waals surface area contributed by atoms with E-state index in [9.17, 15) is 0 Å². The van der Waals surface area contributed by atoms with Crippen molar-refractivity contribution in [2.24, 2.45) is 17.8 Å². The summed E-state index contributed by atoms with van der Waals surface area (Å²) < 4.78 is 0. The molecular weight excluding hydrogens is 220 g/mol. The van der Waals surface area contributed by atoms with Crippen LogP contribution in [0.25, 0.3) is 0 Å². The average Bonchev–Trinajstić information content (AvgIpc) is 2.38. The number of piperidine rings is 1. The molecule has 1 heterocycles. The van der Waals surface area contributed by atoms with Crippen LogP contribution in [0.1, 0.15) is 52.9 Å². The molecule has 0 aromatic rings. The number of likely N-dealkylation sites (tertiary alicyclic amines) is 1. The van der Waals surface area contributed by atoms with Crippen LogP contribution in [0.5, 0.6) is 0 Å². The fourth-order valence-electron chi connectivity index (χ4n) is 4.05. The maximum Gasteiger partial charge on any atom is 0.0252 e. The van der Waals surface area contributed by atoms with Crippen molar-refractivity contribution < 1.29 is 0 Å². The predicted octanol–water partition coefficient (Wildman–Crippen LogP) is 3.13. The lowest BCUT2D eigenvalue weighted by Crippen LogP contribution is -2.55. The van der Waals surface area contributed by atoms with Gasteiger partial charge in [-0.25, -0.2) is 0 Å². The zero-order chi connectivity index (χ0) is 13.1. The molecule has 1 aliphatic heterocycles. The SMILES string of the molecule is CNC1CCC(C(C)C)CC1N1CCCC(C)C1. The summed E-state index contributed by atoms with van der Waals surface area (Å²) in [5.41, 5.74) is 0. The van der Waals surface area contributed by atoms with Crippen LogP contribution in [0.15, 0.2) is 0 Å². The van der Waals surface area contributed by atoms with Crippen LogP contribution < -0.4 is 5.32 Å². The molecule has 4 atom stereocenters. The summed E-state index contributed by atoms with van der Waals surface area (Å²) in [4.78, 5) is 2.80. The molecule has 2 fully saturated rings. The number of hydrogen-bond acceptors (Lipinski definition) is 2. The third-order valence-electron chi connectivity index (χ3n) is 5.33. The third kappa shape index (κ3) is 3.27. The highest BCUT2D eigenvalue weighted by Crippen LogP contribution is 2.34. The van der Waals surface area contributed by atoms with E-state index in [1.54, 1.807) is 0 Å². The second-order valence-electron chi connectivity index (χ2n) is 7.02. The van der Waals surface area contributed by atoms with Crippen molar-refractivity contribution in [2.75, 3.05) is 20.1 Å². The van der Waals surface area contributed by atoms with Gasteiger partial charge in [0.25, 0.3) is 0 Å². The predicted molar refractivity (Wildman–Crippen MR) is 78.8 cm³/mol. The maximum atomic E-state index is 3.58. The summed E-state index contributed by atoms with van der Waals surface area (Å²) in [7, 11) is 2.15. The Balaban J connectivity index is 2.01. The van der Waals surface area contributed by atoms with E-state index in [1.807, 2.05) is 0 Å². The van der Waals surface area contributed by atoms with E-state index < -0.39 is 0 Å². The van der Waals surface area contributed by atoms with Crippen molar-refractivity contribution in [1.82, 2.24) is 10.2 Å². The van der Waals surface area contributed by atoms with Gasteiger partial charge < -0.3 is 5.32 Å². The molecule has 2 aliphatic rings. The van der Waals surface area contributed by atoms with Crippen molar-refractivity contribution in [1.29, 1.82) is 0 Å². The van der Waals surface area contributed by atoms with Gasteiger partial charge >= 0.3 is 0 Å². The first-order valence-corrected chi connectivity index (χ1v) is 8.03. The molecule has 0 bridgehead atoms. The van der Waals surface area contributed by atoms with Gasteiger partial charge in [-0.05, 0) is 63.5 Å². The largest absolute Gasteiger partial charge is 0.315 e. The van der Waals surface area contributed by atoms with Gasteiger partial charge in [-0.3, -0.25) is 4.90 Å². The zero-order valence-electron chi connectivity index (χ0n) is 12.8. The van der Waals surface area contributed by atoms with Crippen LogP contribution in [0, 0.1) is 17.8 Å². The van der Waals surface area contributed by atoms with Crippen molar-refractivity contribution in [3.63, 3.8) is 0 Å². The van der Waals surface area contributed by atoms with Crippen molar-refractivity contribution in [3.8, 4) is 0 Å². The first-order chi connectivity index (χ1) is 8.61. The number of nitrogens with zero attached hydrogens (tertiary/aromatic N) is 1. The smallest absolute Gasteiger partial charge is 0.0252 e. The molecular formula is C16H32N2. The molecule has 2 heteroatoms. The first kappa shape index (κ1) is 14.3. The summed E-state index contributed by atoms with van der Waals surface area (Å²) >= 11 is 0. The summed E-state index contributed by atoms with van der Waals surface area (Å²) in [6, 6.07) is 1.52. The highest BCUT2D eigenvalue weighted by Gasteiger charge is 2.35. The van der Waals surface area contributed by atoms with Crippen LogP contribution in [0.4, 0.5) is 0 Å². The van der Waals surface area contributed by atoms with Gasteiger partial charge in [-0.15, -0.1) is 0 Å². The molecule has 0 amide bonds. The van der Waals surface area contributed by atoms with Gasteiger partial charge in [0, 0.05) is 18.6 Å². The van der Waals surface area contributed by atoms with E-state index in [1.165, 1.54) is 45.2 Å². The van der Waals surface area contributed by atoms with E-state index >= 15 is 0 Å². The monoisotopic (exact) mass is 252 g/mol. The summed E-state index contributed by atoms with van der Waals surface area (Å²) in [6.45, 7) is 9.88. The average molecular weight is 252 g/mol. The van der Waals surface area contributed by atoms with Gasteiger partial charge in [0.15, 0.2) is 0 Å². The zero-order valence-corrected chi connectivity index (χ0v) is 12.8. The van der Waals surface area contributed by atoms with E-state index in [4.69, 9.17) is 0 Å². The van der Waals surface area contributed by atoms with Gasteiger partial charge in [-0.1, -0.05) is 20.8 Å². The van der Waals surface area contributed by atoms with E-state index in [0.717, 1.165) is 29.8 Å². The van der Waals surface area contributed by atoms with E-state index in [-0.39, 0.29) is 0 Å². The Kier molecular flexibility index (Phi) is 5.08. The van der Waals surface area contributed by atoms with Crippen molar-refractivity contribution >= 4 is 0 Å². The first-order valence-electron chi connectivity index (χ1n) is 8.03. The topological polar surface area (TPSA) is 15.3 Å². The van der Waals surface area contributed by atoms with Crippen molar-refractivity contribution in [2.45, 2.75) is 65.0 Å². The molecule has 2 nitrogen and oxygen atoms in total. The normalized spacial score (nSPS) is 39.2. The standard InChI is InChI=1S/C16H32N2/c1-12(2)14-7-8-15(17-4)16(10-14)18-9-5-6-13(3)11-18/h12-17H,5-11H2,1-4H3. The molecule has 0 radical (unpaired) electrons. The Bertz CT molecular complexity index is 251. The van der Waals surface area contributed by atoms with Gasteiger partial charge in [-0.2, -0.15) is 0 Å². The third-order valence-corrected chi connectivity index (χ3v) is 5.33. The highest BCUT2D eigenvalue weighted by molar-refractivity contribution is 4.92. The summed E-state index contributed by atoms with van der Waals surface area (Å²) in [5.74, 6) is 2.69. The summed E-state index contributed by atoms with van der Waals surface area (Å²) in [5, 5.41) is 3.58. The Hall–Kier alpha value is -0.0800. The lowest BCUT2D eigenvalue weighted by molar-refractivity contribution is 0.0551. The molecule has 1 N–H and O–H groups in total. The Labute approximate surface area is 114 Å². The highest BCUT2D eigenvalue weighted by atomic mass is 15.2. The lowest BCUT2D eigenvalue weighted by Gasteiger charge is -2.46. The molecule has 4 unspecified atom stereocenters. The number of likely N-dealkylation sites (N-methyl/N-ethyl adjacent to an activating group) is 1. The molecule has 1 saturated carbocycles. The maximum absolute atomic E-state index is 3.58. The molecule has 0 aromatic carbocycles. The quantitative estimate of drug-likeness (QED) is 0.830. The Morgan fingerprint density at radius 1 is 1.17 bits per heavy atom. The molecule has 0 spiro atoms. The van der Waals surface area contributed by atoms with Gasteiger partial charge in [0.2, 0.25) is 0 Å². The summed E-state index contributed by atoms with van der Waals surface area (Å²) in [6.07, 6.45) is 7.04. The van der Waals surface area contributed by atoms with Crippen molar-refractivity contribution in [3.05, 3.63) is 0 Å². The molecule has 1 saturated heterocycles. The van der Waals surface area contributed by atoms with E-state index in [0.29, 0.717) is 0 Å². The van der Waals surface area contributed by atoms with Crippen LogP contribution in [0.3, 0.4) is 0 Å². The Morgan fingerprint density at radius 3 is 2.56 bits per heavy atom. The minimum atomic E-state index is 0.727. The molecule has 106 valence electrons.